The smallest absolute Gasteiger partial charge is 0.267 e. The van der Waals surface area contributed by atoms with Crippen molar-refractivity contribution in [2.75, 3.05) is 5.32 Å². The molecule has 0 saturated heterocycles. The van der Waals surface area contributed by atoms with E-state index in [1.165, 1.54) is 22.7 Å². The summed E-state index contributed by atoms with van der Waals surface area (Å²) in [5, 5.41) is 18.7. The highest BCUT2D eigenvalue weighted by Crippen LogP contribution is 2.36. The molecule has 2 aromatic heterocycles. The Morgan fingerprint density at radius 3 is 2.70 bits per heavy atom. The van der Waals surface area contributed by atoms with Gasteiger partial charge in [-0.2, -0.15) is 0 Å². The first-order valence-corrected chi connectivity index (χ1v) is 10.1. The Labute approximate surface area is 168 Å². The Hall–Kier alpha value is -2.81. The molecular formula is C19H13N3O2S3. The number of aromatic nitrogens is 1. The number of aromatic hydroxyl groups is 1. The number of hydrogen-bond acceptors (Lipinski definition) is 6. The predicted octanol–water partition coefficient (Wildman–Crippen LogP) is 4.86. The van der Waals surface area contributed by atoms with E-state index in [0.717, 1.165) is 15.2 Å². The Kier molecular flexibility index (Phi) is 4.85. The van der Waals surface area contributed by atoms with E-state index in [2.05, 4.69) is 15.6 Å². The van der Waals surface area contributed by atoms with Gasteiger partial charge in [0.25, 0.3) is 5.91 Å². The zero-order chi connectivity index (χ0) is 18.8. The van der Waals surface area contributed by atoms with Crippen molar-refractivity contribution in [2.45, 2.75) is 0 Å². The van der Waals surface area contributed by atoms with Gasteiger partial charge in [0.05, 0.1) is 20.7 Å². The standard InChI is InChI=1S/C19H13N3O2S3/c23-14-10-11(20-19(25)22-17(24)16-6-3-9-26-16)7-8-12(14)18-21-13-4-1-2-5-15(13)27-18/h1-10,23H,(H2,20,22,24,25). The van der Waals surface area contributed by atoms with E-state index >= 15 is 0 Å². The van der Waals surface area contributed by atoms with E-state index in [4.69, 9.17) is 12.2 Å². The summed E-state index contributed by atoms with van der Waals surface area (Å²) >= 11 is 8.02. The van der Waals surface area contributed by atoms with Crippen LogP contribution in [0.15, 0.2) is 60.0 Å². The first-order valence-electron chi connectivity index (χ1n) is 7.95. The van der Waals surface area contributed by atoms with Gasteiger partial charge in [-0.05, 0) is 47.9 Å². The molecule has 4 aromatic rings. The van der Waals surface area contributed by atoms with Crippen molar-refractivity contribution in [3.8, 4) is 16.3 Å². The summed E-state index contributed by atoms with van der Waals surface area (Å²) in [5.74, 6) is -0.177. The van der Waals surface area contributed by atoms with Gasteiger partial charge in [-0.25, -0.2) is 4.98 Å². The third-order valence-corrected chi connectivity index (χ3v) is 5.89. The number of amides is 1. The fourth-order valence-electron chi connectivity index (χ4n) is 2.51. The molecule has 0 aliphatic carbocycles. The SMILES string of the molecule is O=C(NC(=S)Nc1ccc(-c2nc3ccccc3s2)c(O)c1)c1cccs1. The van der Waals surface area contributed by atoms with Crippen LogP contribution in [0, 0.1) is 0 Å². The number of rotatable bonds is 3. The number of nitrogens with zero attached hydrogens (tertiary/aromatic N) is 1. The molecule has 1 amide bonds. The number of anilines is 1. The lowest BCUT2D eigenvalue weighted by Crippen LogP contribution is -2.33. The van der Waals surface area contributed by atoms with E-state index in [1.54, 1.807) is 30.3 Å². The number of benzene rings is 2. The van der Waals surface area contributed by atoms with Gasteiger partial charge in [-0.3, -0.25) is 10.1 Å². The van der Waals surface area contributed by atoms with Gasteiger partial charge in [0.2, 0.25) is 0 Å². The Morgan fingerprint density at radius 2 is 1.96 bits per heavy atom. The lowest BCUT2D eigenvalue weighted by Gasteiger charge is -2.10. The maximum atomic E-state index is 12.0. The highest BCUT2D eigenvalue weighted by atomic mass is 32.1. The van der Waals surface area contributed by atoms with Crippen LogP contribution < -0.4 is 10.6 Å². The van der Waals surface area contributed by atoms with Crippen molar-refractivity contribution in [3.63, 3.8) is 0 Å². The molecule has 0 unspecified atom stereocenters. The summed E-state index contributed by atoms with van der Waals surface area (Å²) in [7, 11) is 0. The maximum Gasteiger partial charge on any atom is 0.267 e. The average molecular weight is 412 g/mol. The van der Waals surface area contributed by atoms with Gasteiger partial charge in [0, 0.05) is 11.8 Å². The third-order valence-electron chi connectivity index (χ3n) is 3.75. The van der Waals surface area contributed by atoms with Gasteiger partial charge in [0.1, 0.15) is 10.8 Å². The van der Waals surface area contributed by atoms with E-state index < -0.39 is 0 Å². The molecule has 0 saturated carbocycles. The summed E-state index contributed by atoms with van der Waals surface area (Å²) in [6, 6.07) is 16.5. The number of thiophene rings is 1. The van der Waals surface area contributed by atoms with Crippen molar-refractivity contribution in [1.82, 2.24) is 10.3 Å². The highest BCUT2D eigenvalue weighted by molar-refractivity contribution is 7.80. The zero-order valence-corrected chi connectivity index (χ0v) is 16.3. The lowest BCUT2D eigenvalue weighted by molar-refractivity contribution is 0.0981. The second kappa shape index (κ2) is 7.43. The number of nitrogens with one attached hydrogen (secondary N) is 2. The van der Waals surface area contributed by atoms with E-state index in [0.29, 0.717) is 16.1 Å². The fraction of sp³-hybridized carbons (Fsp3) is 0. The fourth-order valence-corrected chi connectivity index (χ4v) is 4.34. The van der Waals surface area contributed by atoms with Crippen LogP contribution in [0.25, 0.3) is 20.8 Å². The van der Waals surface area contributed by atoms with E-state index in [-0.39, 0.29) is 16.8 Å². The molecule has 5 nitrogen and oxygen atoms in total. The van der Waals surface area contributed by atoms with Gasteiger partial charge in [-0.15, -0.1) is 22.7 Å². The minimum atomic E-state index is -0.266. The summed E-state index contributed by atoms with van der Waals surface area (Å²) in [5.41, 5.74) is 2.13. The second-order valence-corrected chi connectivity index (χ2v) is 7.99. The number of hydrogen-bond donors (Lipinski definition) is 3. The molecule has 3 N–H and O–H groups in total. The molecule has 0 aliphatic rings. The number of para-hydroxylation sites is 1. The number of phenols is 1. The molecule has 0 radical (unpaired) electrons. The second-order valence-electron chi connectivity index (χ2n) is 5.60. The topological polar surface area (TPSA) is 74.2 Å². The minimum absolute atomic E-state index is 0.0893. The summed E-state index contributed by atoms with van der Waals surface area (Å²) in [6.45, 7) is 0. The van der Waals surface area contributed by atoms with Crippen molar-refractivity contribution in [2.24, 2.45) is 0 Å². The summed E-state index contributed by atoms with van der Waals surface area (Å²) in [6.07, 6.45) is 0. The minimum Gasteiger partial charge on any atom is -0.507 e. The van der Waals surface area contributed by atoms with Crippen molar-refractivity contribution in [1.29, 1.82) is 0 Å². The van der Waals surface area contributed by atoms with Crippen LogP contribution in [-0.4, -0.2) is 21.1 Å². The maximum absolute atomic E-state index is 12.0. The quantitative estimate of drug-likeness (QED) is 0.420. The molecule has 8 heteroatoms. The van der Waals surface area contributed by atoms with Gasteiger partial charge in [0.15, 0.2) is 5.11 Å². The van der Waals surface area contributed by atoms with Crippen LogP contribution in [0.3, 0.4) is 0 Å². The number of fused-ring (bicyclic) bond motifs is 1. The van der Waals surface area contributed by atoms with Crippen molar-refractivity contribution in [3.05, 3.63) is 64.9 Å². The number of carbonyl (C=O) groups excluding carboxylic acids is 1. The summed E-state index contributed by atoms with van der Waals surface area (Å²) < 4.78 is 1.06. The highest BCUT2D eigenvalue weighted by Gasteiger charge is 2.12. The zero-order valence-electron chi connectivity index (χ0n) is 13.8. The number of phenolic OH excluding ortho intramolecular Hbond substituents is 1. The first-order chi connectivity index (χ1) is 13.1. The largest absolute Gasteiger partial charge is 0.507 e. The van der Waals surface area contributed by atoms with Gasteiger partial charge < -0.3 is 10.4 Å². The molecule has 134 valence electrons. The monoisotopic (exact) mass is 411 g/mol. The molecule has 2 aromatic carbocycles. The molecular weight excluding hydrogens is 398 g/mol. The van der Waals surface area contributed by atoms with Gasteiger partial charge >= 0.3 is 0 Å². The lowest BCUT2D eigenvalue weighted by atomic mass is 10.2. The Balaban J connectivity index is 1.49. The number of thiocarbonyl (C=S) groups is 1. The van der Waals surface area contributed by atoms with Crippen LogP contribution >= 0.6 is 34.9 Å². The normalized spacial score (nSPS) is 10.7. The van der Waals surface area contributed by atoms with Crippen molar-refractivity contribution < 1.29 is 9.90 Å². The van der Waals surface area contributed by atoms with Gasteiger partial charge in [-0.1, -0.05) is 18.2 Å². The van der Waals surface area contributed by atoms with Crippen LogP contribution in [0.4, 0.5) is 5.69 Å². The molecule has 0 aliphatic heterocycles. The van der Waals surface area contributed by atoms with E-state index in [9.17, 15) is 9.90 Å². The predicted molar refractivity (Wildman–Crippen MR) is 115 cm³/mol. The summed E-state index contributed by atoms with van der Waals surface area (Å²) in [4.78, 5) is 17.1. The van der Waals surface area contributed by atoms with Crippen LogP contribution in [-0.2, 0) is 0 Å². The molecule has 0 fully saturated rings. The molecule has 0 atom stereocenters. The Morgan fingerprint density at radius 1 is 1.11 bits per heavy atom. The molecule has 4 rings (SSSR count). The van der Waals surface area contributed by atoms with Crippen LogP contribution in [0.2, 0.25) is 0 Å². The van der Waals surface area contributed by atoms with Crippen LogP contribution in [0.1, 0.15) is 9.67 Å². The molecule has 27 heavy (non-hydrogen) atoms. The average Bonchev–Trinajstić information content (AvgIpc) is 3.31. The molecule has 0 spiro atoms. The Bertz CT molecular complexity index is 1100. The van der Waals surface area contributed by atoms with Crippen LogP contribution in [0.5, 0.6) is 5.75 Å². The number of carbonyl (C=O) groups is 1. The molecule has 2 heterocycles. The van der Waals surface area contributed by atoms with Crippen molar-refractivity contribution >= 4 is 61.8 Å². The van der Waals surface area contributed by atoms with E-state index in [1.807, 2.05) is 29.6 Å². The third kappa shape index (κ3) is 3.82. The first kappa shape index (κ1) is 17.6. The number of thiazole rings is 1. The molecule has 0 bridgehead atoms.